The van der Waals surface area contributed by atoms with Crippen LogP contribution in [-0.4, -0.2) is 10.4 Å². The Labute approximate surface area is 76.2 Å². The van der Waals surface area contributed by atoms with Crippen molar-refractivity contribution in [2.75, 3.05) is 0 Å². The van der Waals surface area contributed by atoms with Crippen LogP contribution in [0.3, 0.4) is 0 Å². The molecule has 0 aliphatic heterocycles. The van der Waals surface area contributed by atoms with Crippen molar-refractivity contribution < 1.29 is 57.9 Å². The fourth-order valence-electron chi connectivity index (χ4n) is 0. The van der Waals surface area contributed by atoms with Crippen LogP contribution < -0.4 is 47.5 Å². The molecule has 40 valence electrons. The standard InChI is InChI=1S/2Li.H3O3PS.H2O/c;;1-4(2,3)5;/h;;(H3,1,2,3,5);1H2/q2*+1;;/p-2. The maximum absolute atomic E-state index is 9.03. The van der Waals surface area contributed by atoms with Gasteiger partial charge in [-0.1, -0.05) is 6.72 Å². The Bertz CT molecular complexity index is 60.2. The summed E-state index contributed by atoms with van der Waals surface area (Å²) < 4.78 is 0. The van der Waals surface area contributed by atoms with E-state index in [2.05, 4.69) is 11.8 Å². The van der Waals surface area contributed by atoms with E-state index in [4.69, 9.17) is 14.7 Å². The first-order valence-corrected chi connectivity index (χ1v) is 3.34. The van der Waals surface area contributed by atoms with Gasteiger partial charge in [0.2, 0.25) is 0 Å². The number of rotatable bonds is 0. The molecule has 0 aromatic rings. The van der Waals surface area contributed by atoms with Gasteiger partial charge in [-0.05, 0) is 0 Å². The van der Waals surface area contributed by atoms with Crippen LogP contribution in [0.2, 0.25) is 0 Å². The van der Waals surface area contributed by atoms with E-state index in [9.17, 15) is 0 Å². The zero-order valence-corrected chi connectivity index (χ0v) is 6.33. The van der Waals surface area contributed by atoms with Crippen LogP contribution in [0.1, 0.15) is 0 Å². The Hall–Kier alpha value is 1.68. The molecule has 0 saturated heterocycles. The SMILES string of the molecule is O.[Li+].[Li+].[O-]P([O-])(O)=S. The monoisotopic (exact) mass is 144 g/mol. The van der Waals surface area contributed by atoms with E-state index in [-0.39, 0.29) is 43.2 Å². The normalized spacial score (nSPS) is 7.38. The van der Waals surface area contributed by atoms with Crippen molar-refractivity contribution in [2.45, 2.75) is 0 Å². The number of hydrogen-bond acceptors (Lipinski definition) is 3. The van der Waals surface area contributed by atoms with Crippen molar-refractivity contribution in [1.29, 1.82) is 0 Å². The van der Waals surface area contributed by atoms with Gasteiger partial charge in [0.15, 0.2) is 0 Å². The third-order valence-electron chi connectivity index (χ3n) is 0. The van der Waals surface area contributed by atoms with Crippen molar-refractivity contribution in [1.82, 2.24) is 0 Å². The Morgan fingerprint density at radius 1 is 1.25 bits per heavy atom. The van der Waals surface area contributed by atoms with Crippen LogP contribution in [0.5, 0.6) is 0 Å². The smallest absolute Gasteiger partial charge is 0.812 e. The molecular weight excluding hydrogens is 141 g/mol. The van der Waals surface area contributed by atoms with Crippen molar-refractivity contribution in [3.8, 4) is 0 Å². The first-order chi connectivity index (χ1) is 2.00. The summed E-state index contributed by atoms with van der Waals surface area (Å²) in [6.07, 6.45) is 0. The first kappa shape index (κ1) is 22.6. The van der Waals surface area contributed by atoms with E-state index in [0.717, 1.165) is 0 Å². The molecule has 0 spiro atoms. The van der Waals surface area contributed by atoms with Crippen molar-refractivity contribution in [3.63, 3.8) is 0 Å². The molecular formula is H3Li2O4PS. The van der Waals surface area contributed by atoms with Gasteiger partial charge in [0.1, 0.15) is 0 Å². The summed E-state index contributed by atoms with van der Waals surface area (Å²) in [5.74, 6) is 0. The molecule has 8 heteroatoms. The minimum atomic E-state index is -4.31. The molecule has 8 heavy (non-hydrogen) atoms. The molecule has 4 nitrogen and oxygen atoms in total. The van der Waals surface area contributed by atoms with E-state index < -0.39 is 6.72 Å². The second-order valence-electron chi connectivity index (χ2n) is 0.469. The zero-order valence-electron chi connectivity index (χ0n) is 4.62. The van der Waals surface area contributed by atoms with Gasteiger partial charge in [-0.3, -0.25) is 0 Å². The predicted molar refractivity (Wildman–Crippen MR) is 20.1 cm³/mol. The van der Waals surface area contributed by atoms with Gasteiger partial charge in [0, 0.05) is 0 Å². The molecule has 0 rings (SSSR count). The maximum atomic E-state index is 9.03. The topological polar surface area (TPSA) is 97.9 Å². The fourth-order valence-corrected chi connectivity index (χ4v) is 0. The second kappa shape index (κ2) is 8.68. The van der Waals surface area contributed by atoms with Crippen LogP contribution in [0.25, 0.3) is 0 Å². The average molecular weight is 144 g/mol. The van der Waals surface area contributed by atoms with Crippen molar-refractivity contribution >= 4 is 18.5 Å². The molecule has 0 aromatic heterocycles. The quantitative estimate of drug-likeness (QED) is 0.269. The van der Waals surface area contributed by atoms with Crippen molar-refractivity contribution in [2.24, 2.45) is 0 Å². The fraction of sp³-hybridized carbons (Fsp3) is 0. The summed E-state index contributed by atoms with van der Waals surface area (Å²) in [6.45, 7) is -4.31. The van der Waals surface area contributed by atoms with E-state index >= 15 is 0 Å². The Morgan fingerprint density at radius 3 is 1.25 bits per heavy atom. The Kier molecular flexibility index (Phi) is 24.5. The van der Waals surface area contributed by atoms with Gasteiger partial charge in [0.25, 0.3) is 0 Å². The molecule has 3 N–H and O–H groups in total. The minimum Gasteiger partial charge on any atom is -0.812 e. The summed E-state index contributed by atoms with van der Waals surface area (Å²) in [4.78, 5) is 25.4. The predicted octanol–water partition coefficient (Wildman–Crippen LogP) is -8.89. The minimum absolute atomic E-state index is 0. The van der Waals surface area contributed by atoms with E-state index in [1.165, 1.54) is 0 Å². The number of hydrogen-bond donors (Lipinski definition) is 1. The molecule has 0 aliphatic rings. The van der Waals surface area contributed by atoms with Gasteiger partial charge in [-0.2, -0.15) is 0 Å². The average Bonchev–Trinajstić information content (AvgIpc) is 0.722. The van der Waals surface area contributed by atoms with Crippen LogP contribution in [0.15, 0.2) is 0 Å². The summed E-state index contributed by atoms with van der Waals surface area (Å²) in [6, 6.07) is 0. The first-order valence-electron chi connectivity index (χ1n) is 0.748. The molecule has 0 fully saturated rings. The van der Waals surface area contributed by atoms with Crippen LogP contribution in [0.4, 0.5) is 0 Å². The summed E-state index contributed by atoms with van der Waals surface area (Å²) >= 11 is 3.38. The van der Waals surface area contributed by atoms with Gasteiger partial charge in [-0.25, -0.2) is 0 Å². The van der Waals surface area contributed by atoms with Gasteiger partial charge >= 0.3 is 37.7 Å². The van der Waals surface area contributed by atoms with E-state index in [1.54, 1.807) is 0 Å². The van der Waals surface area contributed by atoms with Crippen LogP contribution in [-0.2, 0) is 11.8 Å². The van der Waals surface area contributed by atoms with E-state index in [0.29, 0.717) is 0 Å². The van der Waals surface area contributed by atoms with Gasteiger partial charge in [0.05, 0.1) is 0 Å². The largest absolute Gasteiger partial charge is 1.00 e. The maximum Gasteiger partial charge on any atom is 1.00 e. The third-order valence-corrected chi connectivity index (χ3v) is 0. The molecule has 0 aromatic carbocycles. The zero-order chi connectivity index (χ0) is 4.50. The van der Waals surface area contributed by atoms with Gasteiger partial charge in [-0.15, -0.1) is 11.8 Å². The summed E-state index contributed by atoms with van der Waals surface area (Å²) in [7, 11) is 0. The second-order valence-corrected chi connectivity index (χ2v) is 2.79. The molecule has 0 unspecified atom stereocenters. The Morgan fingerprint density at radius 2 is 1.25 bits per heavy atom. The Balaban J connectivity index is -0.0000000267. The molecule has 0 saturated carbocycles. The molecule has 0 amide bonds. The summed E-state index contributed by atoms with van der Waals surface area (Å²) in [5, 5.41) is 0. The van der Waals surface area contributed by atoms with E-state index in [1.807, 2.05) is 0 Å². The van der Waals surface area contributed by atoms with Crippen molar-refractivity contribution in [3.05, 3.63) is 0 Å². The molecule has 0 radical (unpaired) electrons. The van der Waals surface area contributed by atoms with Crippen LogP contribution >= 0.6 is 6.72 Å². The van der Waals surface area contributed by atoms with Crippen LogP contribution in [0, 0.1) is 0 Å². The molecule has 0 atom stereocenters. The van der Waals surface area contributed by atoms with Gasteiger partial charge < -0.3 is 20.2 Å². The molecule has 0 aliphatic carbocycles. The summed E-state index contributed by atoms with van der Waals surface area (Å²) in [5.41, 5.74) is 0. The molecule has 0 heterocycles. The third kappa shape index (κ3) is 121. The molecule has 0 bridgehead atoms.